The molecule has 0 amide bonds. The van der Waals surface area contributed by atoms with Crippen LogP contribution in [-0.2, 0) is 4.74 Å². The fourth-order valence-corrected chi connectivity index (χ4v) is 3.86. The van der Waals surface area contributed by atoms with Gasteiger partial charge in [0.25, 0.3) is 0 Å². The van der Waals surface area contributed by atoms with Gasteiger partial charge in [0, 0.05) is 37.1 Å². The zero-order chi connectivity index (χ0) is 18.3. The number of hydrogen-bond donors (Lipinski definition) is 2. The lowest BCUT2D eigenvalue weighted by molar-refractivity contribution is 0.0672. The maximum atomic E-state index is 5.66. The van der Waals surface area contributed by atoms with E-state index in [2.05, 4.69) is 45.9 Å². The number of fused-ring (bicyclic) bond motifs is 1. The molecule has 1 aromatic heterocycles. The smallest absolute Gasteiger partial charge is 0.223 e. The molecule has 3 unspecified atom stereocenters. The molecule has 0 aromatic carbocycles. The Balaban J connectivity index is 1.74. The summed E-state index contributed by atoms with van der Waals surface area (Å²) in [4.78, 5) is 22.8. The largest absolute Gasteiger partial charge is 0.378 e. The van der Waals surface area contributed by atoms with Crippen LogP contribution in [0, 0.1) is 0 Å². The van der Waals surface area contributed by atoms with Gasteiger partial charge in [-0.15, -0.1) is 0 Å². The fourth-order valence-electron chi connectivity index (χ4n) is 3.86. The molecule has 140 valence electrons. The number of amidine groups is 1. The number of anilines is 1. The van der Waals surface area contributed by atoms with Crippen LogP contribution < -0.4 is 11.1 Å². The monoisotopic (exact) mass is 358 g/mol. The molecule has 0 saturated carbocycles. The summed E-state index contributed by atoms with van der Waals surface area (Å²) in [5, 5.41) is 3.63. The van der Waals surface area contributed by atoms with Gasteiger partial charge in [-0.3, -0.25) is 5.32 Å². The van der Waals surface area contributed by atoms with E-state index >= 15 is 0 Å². The number of ether oxygens (including phenoxy) is 1. The third kappa shape index (κ3) is 3.01. The summed E-state index contributed by atoms with van der Waals surface area (Å²) in [5.41, 5.74) is 6.60. The maximum absolute atomic E-state index is 5.66. The van der Waals surface area contributed by atoms with Crippen molar-refractivity contribution in [2.75, 3.05) is 32.0 Å². The Morgan fingerprint density at radius 1 is 1.23 bits per heavy atom. The maximum Gasteiger partial charge on any atom is 0.223 e. The van der Waals surface area contributed by atoms with E-state index in [9.17, 15) is 0 Å². The van der Waals surface area contributed by atoms with Gasteiger partial charge >= 0.3 is 0 Å². The molecule has 3 aliphatic rings. The van der Waals surface area contributed by atoms with Crippen LogP contribution in [0.15, 0.2) is 22.4 Å². The molecular formula is C17H26N8O. The van der Waals surface area contributed by atoms with E-state index in [0.717, 1.165) is 30.4 Å². The highest BCUT2D eigenvalue weighted by Crippen LogP contribution is 2.32. The van der Waals surface area contributed by atoms with E-state index in [-0.39, 0.29) is 24.2 Å². The van der Waals surface area contributed by atoms with Crippen LogP contribution in [0.1, 0.15) is 32.4 Å². The standard InChI is InChI=1S/C17H26N8O/c1-10(2)25-11(3)21-14-13(12-8-19-16(18)20-9-12)22-17(23-15(14)25)24-4-6-26-7-5-24/h8-11,13-14,21H,4-7H2,1-3H3,(H2,18,19,20). The lowest BCUT2D eigenvalue weighted by Crippen LogP contribution is -2.47. The summed E-state index contributed by atoms with van der Waals surface area (Å²) in [6.07, 6.45) is 3.72. The average molecular weight is 358 g/mol. The van der Waals surface area contributed by atoms with Gasteiger partial charge < -0.3 is 20.3 Å². The minimum absolute atomic E-state index is 0.00409. The molecule has 0 spiro atoms. The molecule has 0 bridgehead atoms. The SMILES string of the molecule is CC(C)N1C2=NC(N3CCOCC3)=NC(c3cnc(N)nc3)C2NC1C. The number of morpholine rings is 1. The summed E-state index contributed by atoms with van der Waals surface area (Å²) >= 11 is 0. The van der Waals surface area contributed by atoms with E-state index < -0.39 is 0 Å². The van der Waals surface area contributed by atoms with Gasteiger partial charge in [0.15, 0.2) is 0 Å². The van der Waals surface area contributed by atoms with Crippen LogP contribution >= 0.6 is 0 Å². The Bertz CT molecular complexity index is 710. The van der Waals surface area contributed by atoms with E-state index in [1.54, 1.807) is 12.4 Å². The normalized spacial score (nSPS) is 28.8. The number of nitrogens with two attached hydrogens (primary N) is 1. The predicted octanol–water partition coefficient (Wildman–Crippen LogP) is 0.228. The van der Waals surface area contributed by atoms with E-state index in [0.29, 0.717) is 19.3 Å². The highest BCUT2D eigenvalue weighted by molar-refractivity contribution is 6.02. The number of hydrogen-bond acceptors (Lipinski definition) is 9. The van der Waals surface area contributed by atoms with E-state index in [1.165, 1.54) is 0 Å². The number of aromatic nitrogens is 2. The molecule has 4 rings (SSSR count). The van der Waals surface area contributed by atoms with Crippen molar-refractivity contribution in [1.29, 1.82) is 0 Å². The second-order valence-electron chi connectivity index (χ2n) is 7.14. The molecule has 9 heteroatoms. The van der Waals surface area contributed by atoms with Gasteiger partial charge in [-0.1, -0.05) is 0 Å². The minimum Gasteiger partial charge on any atom is -0.378 e. The molecule has 0 aliphatic carbocycles. The van der Waals surface area contributed by atoms with Crippen LogP contribution in [0.4, 0.5) is 5.95 Å². The topological polar surface area (TPSA) is 104 Å². The minimum atomic E-state index is -0.132. The van der Waals surface area contributed by atoms with Gasteiger partial charge in [0.05, 0.1) is 25.4 Å². The number of nitrogen functional groups attached to an aromatic ring is 1. The van der Waals surface area contributed by atoms with Crippen molar-refractivity contribution in [3.8, 4) is 0 Å². The lowest BCUT2D eigenvalue weighted by Gasteiger charge is -2.34. The zero-order valence-corrected chi connectivity index (χ0v) is 15.5. The van der Waals surface area contributed by atoms with Crippen LogP contribution in [-0.4, -0.2) is 76.1 Å². The van der Waals surface area contributed by atoms with Crippen LogP contribution in [0.5, 0.6) is 0 Å². The molecule has 3 atom stereocenters. The third-order valence-corrected chi connectivity index (χ3v) is 5.05. The quantitative estimate of drug-likeness (QED) is 0.780. The lowest BCUT2D eigenvalue weighted by atomic mass is 10.0. The highest BCUT2D eigenvalue weighted by Gasteiger charge is 2.44. The molecule has 9 nitrogen and oxygen atoms in total. The average Bonchev–Trinajstić information content (AvgIpc) is 2.98. The summed E-state index contributed by atoms with van der Waals surface area (Å²) in [7, 11) is 0. The number of aliphatic imine (C=N–C) groups is 2. The number of nitrogens with zero attached hydrogens (tertiary/aromatic N) is 6. The summed E-state index contributed by atoms with van der Waals surface area (Å²) < 4.78 is 5.48. The Kier molecular flexibility index (Phi) is 4.49. The second kappa shape index (κ2) is 6.81. The number of rotatable bonds is 2. The molecule has 2 saturated heterocycles. The third-order valence-electron chi connectivity index (χ3n) is 5.05. The predicted molar refractivity (Wildman–Crippen MR) is 99.8 cm³/mol. The van der Waals surface area contributed by atoms with Crippen molar-refractivity contribution in [1.82, 2.24) is 25.1 Å². The Morgan fingerprint density at radius 3 is 2.58 bits per heavy atom. The fraction of sp³-hybridized carbons (Fsp3) is 0.647. The highest BCUT2D eigenvalue weighted by atomic mass is 16.5. The summed E-state index contributed by atoms with van der Waals surface area (Å²) in [5.74, 6) is 2.07. The van der Waals surface area contributed by atoms with Crippen LogP contribution in [0.3, 0.4) is 0 Å². The van der Waals surface area contributed by atoms with Crippen molar-refractivity contribution >= 4 is 17.7 Å². The first-order valence-electron chi connectivity index (χ1n) is 9.15. The first-order chi connectivity index (χ1) is 12.5. The van der Waals surface area contributed by atoms with Crippen molar-refractivity contribution in [3.63, 3.8) is 0 Å². The van der Waals surface area contributed by atoms with Gasteiger partial charge in [0.1, 0.15) is 11.9 Å². The summed E-state index contributed by atoms with van der Waals surface area (Å²) in [6.45, 7) is 9.53. The number of guanidine groups is 1. The molecule has 3 N–H and O–H groups in total. The van der Waals surface area contributed by atoms with Crippen LogP contribution in [0.2, 0.25) is 0 Å². The summed E-state index contributed by atoms with van der Waals surface area (Å²) in [6, 6.07) is 0.213. The van der Waals surface area contributed by atoms with E-state index in [1.807, 2.05) is 0 Å². The van der Waals surface area contributed by atoms with Crippen molar-refractivity contribution in [2.45, 2.75) is 45.1 Å². The van der Waals surface area contributed by atoms with Crippen molar-refractivity contribution < 1.29 is 4.74 Å². The van der Waals surface area contributed by atoms with Crippen molar-refractivity contribution in [3.05, 3.63) is 18.0 Å². The van der Waals surface area contributed by atoms with E-state index in [4.69, 9.17) is 20.5 Å². The van der Waals surface area contributed by atoms with Gasteiger partial charge in [-0.05, 0) is 20.8 Å². The van der Waals surface area contributed by atoms with Gasteiger partial charge in [0.2, 0.25) is 11.9 Å². The molecule has 26 heavy (non-hydrogen) atoms. The molecule has 3 aliphatic heterocycles. The van der Waals surface area contributed by atoms with Gasteiger partial charge in [-0.2, -0.15) is 4.99 Å². The number of nitrogens with one attached hydrogen (secondary N) is 1. The first kappa shape index (κ1) is 17.2. The molecule has 4 heterocycles. The molecular weight excluding hydrogens is 332 g/mol. The van der Waals surface area contributed by atoms with Crippen molar-refractivity contribution in [2.24, 2.45) is 9.98 Å². The Morgan fingerprint density at radius 2 is 1.92 bits per heavy atom. The molecule has 1 aromatic rings. The molecule has 2 fully saturated rings. The van der Waals surface area contributed by atoms with Gasteiger partial charge in [-0.25, -0.2) is 15.0 Å². The zero-order valence-electron chi connectivity index (χ0n) is 15.5. The Labute approximate surface area is 153 Å². The Hall–Kier alpha value is -2.26. The van der Waals surface area contributed by atoms with Crippen LogP contribution in [0.25, 0.3) is 0 Å². The molecule has 0 radical (unpaired) electrons. The second-order valence-corrected chi connectivity index (χ2v) is 7.14. The first-order valence-corrected chi connectivity index (χ1v) is 9.15.